The minimum Gasteiger partial charge on any atom is -0.484 e. The molecule has 0 spiro atoms. The van der Waals surface area contributed by atoms with Crippen LogP contribution in [0.1, 0.15) is 31.2 Å². The van der Waals surface area contributed by atoms with Crippen LogP contribution in [0, 0.1) is 51.2 Å². The van der Waals surface area contributed by atoms with Crippen LogP contribution < -0.4 is 16.2 Å². The summed E-state index contributed by atoms with van der Waals surface area (Å²) in [5.41, 5.74) is 11.6. The van der Waals surface area contributed by atoms with Gasteiger partial charge in [-0.1, -0.05) is 25.1 Å². The third-order valence-corrected chi connectivity index (χ3v) is 5.71. The Bertz CT molecular complexity index is 1000. The van der Waals surface area contributed by atoms with Gasteiger partial charge in [-0.05, 0) is 47.9 Å². The summed E-state index contributed by atoms with van der Waals surface area (Å²) in [5, 5.41) is 29.5. The molecule has 146 valence electrons. The van der Waals surface area contributed by atoms with E-state index >= 15 is 0 Å². The summed E-state index contributed by atoms with van der Waals surface area (Å²) in [4.78, 5) is 10.9. The number of ether oxygens (including phenoxy) is 1. The van der Waals surface area contributed by atoms with E-state index in [2.05, 4.69) is 25.1 Å². The smallest absolute Gasteiger partial charge is 0.255 e. The van der Waals surface area contributed by atoms with Gasteiger partial charge >= 0.3 is 0 Å². The van der Waals surface area contributed by atoms with E-state index in [0.717, 1.165) is 18.4 Å². The van der Waals surface area contributed by atoms with Crippen molar-refractivity contribution in [2.45, 2.75) is 25.7 Å². The molecule has 4 N–H and O–H groups in total. The quantitative estimate of drug-likeness (QED) is 0.757. The predicted molar refractivity (Wildman–Crippen MR) is 104 cm³/mol. The standard InChI is InChI=1S/C22H21N5O2/c1-13-2-7-18-16(8-13)20(17(9-23)21(27)22(18,11-24)12-25)14-3-5-15(6-4-14)29-10-19(26)28/h3-7,13,16,20H,2,8,10,27H2,1H3,(H2,26,28)/t13?,16-,20+/m0/s1. The molecule has 1 aromatic carbocycles. The summed E-state index contributed by atoms with van der Waals surface area (Å²) in [6, 6.07) is 13.3. The fourth-order valence-corrected chi connectivity index (χ4v) is 4.34. The Balaban J connectivity index is 2.11. The molecule has 0 fully saturated rings. The number of amides is 1. The lowest BCUT2D eigenvalue weighted by molar-refractivity contribution is -0.119. The average molecular weight is 387 g/mol. The summed E-state index contributed by atoms with van der Waals surface area (Å²) < 4.78 is 5.30. The minimum atomic E-state index is -1.60. The molecule has 7 nitrogen and oxygen atoms in total. The van der Waals surface area contributed by atoms with Crippen molar-refractivity contribution in [2.24, 2.45) is 28.7 Å². The van der Waals surface area contributed by atoms with Crippen molar-refractivity contribution in [3.8, 4) is 24.0 Å². The van der Waals surface area contributed by atoms with Gasteiger partial charge in [0.25, 0.3) is 5.91 Å². The summed E-state index contributed by atoms with van der Waals surface area (Å²) >= 11 is 0. The zero-order valence-electron chi connectivity index (χ0n) is 16.1. The molecular formula is C22H21N5O2. The van der Waals surface area contributed by atoms with Crippen molar-refractivity contribution >= 4 is 5.91 Å². The summed E-state index contributed by atoms with van der Waals surface area (Å²) in [6.45, 7) is 1.89. The van der Waals surface area contributed by atoms with Crippen molar-refractivity contribution in [3.05, 3.63) is 52.7 Å². The summed E-state index contributed by atoms with van der Waals surface area (Å²) in [7, 11) is 0. The van der Waals surface area contributed by atoms with Crippen LogP contribution >= 0.6 is 0 Å². The van der Waals surface area contributed by atoms with Gasteiger partial charge in [-0.25, -0.2) is 0 Å². The zero-order valence-corrected chi connectivity index (χ0v) is 16.1. The fourth-order valence-electron chi connectivity index (χ4n) is 4.34. The Morgan fingerprint density at radius 3 is 2.45 bits per heavy atom. The molecule has 1 unspecified atom stereocenters. The minimum absolute atomic E-state index is 0.0149. The monoisotopic (exact) mass is 387 g/mol. The fraction of sp³-hybridized carbons (Fsp3) is 0.364. The van der Waals surface area contributed by atoms with Crippen LogP contribution in [0.3, 0.4) is 0 Å². The van der Waals surface area contributed by atoms with Gasteiger partial charge in [0.15, 0.2) is 6.61 Å². The molecule has 1 aromatic rings. The lowest BCUT2D eigenvalue weighted by atomic mass is 9.57. The predicted octanol–water partition coefficient (Wildman–Crippen LogP) is 2.39. The Morgan fingerprint density at radius 2 is 1.90 bits per heavy atom. The molecule has 0 aliphatic heterocycles. The molecule has 0 saturated carbocycles. The number of primary amides is 1. The Morgan fingerprint density at radius 1 is 1.24 bits per heavy atom. The van der Waals surface area contributed by atoms with E-state index in [1.165, 1.54) is 0 Å². The molecule has 3 rings (SSSR count). The van der Waals surface area contributed by atoms with E-state index in [4.69, 9.17) is 16.2 Å². The third-order valence-electron chi connectivity index (χ3n) is 5.71. The molecule has 29 heavy (non-hydrogen) atoms. The van der Waals surface area contributed by atoms with Crippen molar-refractivity contribution in [2.75, 3.05) is 6.61 Å². The highest BCUT2D eigenvalue weighted by Gasteiger charge is 2.52. The summed E-state index contributed by atoms with van der Waals surface area (Å²) in [6.07, 6.45) is 3.46. The molecule has 0 heterocycles. The molecule has 1 amide bonds. The van der Waals surface area contributed by atoms with Crippen molar-refractivity contribution in [3.63, 3.8) is 0 Å². The van der Waals surface area contributed by atoms with Gasteiger partial charge in [0.1, 0.15) is 5.75 Å². The van der Waals surface area contributed by atoms with Gasteiger partial charge in [0, 0.05) is 5.92 Å². The highest BCUT2D eigenvalue weighted by molar-refractivity contribution is 5.75. The van der Waals surface area contributed by atoms with Gasteiger partial charge in [-0.15, -0.1) is 0 Å². The van der Waals surface area contributed by atoms with Gasteiger partial charge in [0.05, 0.1) is 29.5 Å². The first-order valence-electron chi connectivity index (χ1n) is 9.32. The van der Waals surface area contributed by atoms with Crippen LogP contribution in [0.2, 0.25) is 0 Å². The summed E-state index contributed by atoms with van der Waals surface area (Å²) in [5.74, 6) is -0.251. The van der Waals surface area contributed by atoms with E-state index in [9.17, 15) is 20.6 Å². The van der Waals surface area contributed by atoms with E-state index in [1.54, 1.807) is 12.1 Å². The van der Waals surface area contributed by atoms with E-state index in [1.807, 2.05) is 18.2 Å². The topological polar surface area (TPSA) is 150 Å². The Hall–Kier alpha value is -3.76. The lowest BCUT2D eigenvalue weighted by Gasteiger charge is -2.43. The number of nitriles is 3. The zero-order chi connectivity index (χ0) is 21.2. The first kappa shape index (κ1) is 20.0. The van der Waals surface area contributed by atoms with Gasteiger partial charge < -0.3 is 16.2 Å². The number of hydrogen-bond donors (Lipinski definition) is 2. The third kappa shape index (κ3) is 3.30. The molecule has 0 saturated heterocycles. The maximum atomic E-state index is 10.9. The van der Waals surface area contributed by atoms with Crippen molar-refractivity contribution in [1.29, 1.82) is 15.8 Å². The number of carbonyl (C=O) groups is 1. The number of allylic oxidation sites excluding steroid dienone is 3. The Labute approximate surface area is 169 Å². The number of nitrogens with two attached hydrogens (primary N) is 2. The Kier molecular flexibility index (Phi) is 5.31. The SMILES string of the molecule is CC1CC=C2[C@H](C1)[C@@H](c1ccc(OCC(N)=O)cc1)C(C#N)=C(N)C2(C#N)C#N. The highest BCUT2D eigenvalue weighted by Crippen LogP contribution is 2.55. The van der Waals surface area contributed by atoms with Crippen LogP contribution in [0.15, 0.2) is 47.2 Å². The number of benzene rings is 1. The van der Waals surface area contributed by atoms with Crippen molar-refractivity contribution in [1.82, 2.24) is 0 Å². The molecule has 0 aromatic heterocycles. The average Bonchev–Trinajstić information content (AvgIpc) is 2.72. The number of rotatable bonds is 4. The largest absolute Gasteiger partial charge is 0.484 e. The molecule has 3 atom stereocenters. The highest BCUT2D eigenvalue weighted by atomic mass is 16.5. The first-order chi connectivity index (χ1) is 13.9. The number of carbonyl (C=O) groups excluding carboxylic acids is 1. The van der Waals surface area contributed by atoms with Crippen LogP contribution in [-0.2, 0) is 4.79 Å². The number of nitrogens with zero attached hydrogens (tertiary/aromatic N) is 3. The maximum absolute atomic E-state index is 10.9. The normalized spacial score (nSPS) is 24.9. The molecule has 2 aliphatic carbocycles. The van der Waals surface area contributed by atoms with Crippen LogP contribution in [-0.4, -0.2) is 12.5 Å². The van der Waals surface area contributed by atoms with Crippen LogP contribution in [0.25, 0.3) is 0 Å². The molecular weight excluding hydrogens is 366 g/mol. The van der Waals surface area contributed by atoms with Gasteiger partial charge in [0.2, 0.25) is 5.41 Å². The van der Waals surface area contributed by atoms with E-state index in [-0.39, 0.29) is 29.7 Å². The maximum Gasteiger partial charge on any atom is 0.255 e. The van der Waals surface area contributed by atoms with Gasteiger partial charge in [-0.2, -0.15) is 15.8 Å². The second kappa shape index (κ2) is 7.70. The molecule has 2 aliphatic rings. The second-order valence-corrected chi connectivity index (χ2v) is 7.56. The second-order valence-electron chi connectivity index (χ2n) is 7.56. The molecule has 7 heteroatoms. The van der Waals surface area contributed by atoms with Crippen LogP contribution in [0.4, 0.5) is 0 Å². The molecule has 0 bridgehead atoms. The number of hydrogen-bond acceptors (Lipinski definition) is 6. The first-order valence-corrected chi connectivity index (χ1v) is 9.32. The number of fused-ring (bicyclic) bond motifs is 1. The van der Waals surface area contributed by atoms with Crippen LogP contribution in [0.5, 0.6) is 5.75 Å². The van der Waals surface area contributed by atoms with E-state index < -0.39 is 11.3 Å². The van der Waals surface area contributed by atoms with E-state index in [0.29, 0.717) is 17.2 Å². The van der Waals surface area contributed by atoms with Gasteiger partial charge in [-0.3, -0.25) is 4.79 Å². The van der Waals surface area contributed by atoms with Crippen molar-refractivity contribution < 1.29 is 9.53 Å². The lowest BCUT2D eigenvalue weighted by Crippen LogP contribution is -2.41. The molecule has 0 radical (unpaired) electrons.